The number of allylic oxidation sites excluding steroid dienone is 8. The van der Waals surface area contributed by atoms with Crippen LogP contribution < -0.4 is 0 Å². The molecular formula is C61H106O12. The number of aliphatic hydroxyl groups excluding tert-OH is 2. The predicted octanol–water partition coefficient (Wildman–Crippen LogP) is 15.0. The Labute approximate surface area is 443 Å². The van der Waals surface area contributed by atoms with E-state index in [0.717, 1.165) is 116 Å². The molecule has 0 aromatic carbocycles. The molecular weight excluding hydrogens is 925 g/mol. The molecule has 0 aliphatic carbocycles. The van der Waals surface area contributed by atoms with Gasteiger partial charge in [0.15, 0.2) is 24.6 Å². The molecule has 1 aliphatic rings. The van der Waals surface area contributed by atoms with Gasteiger partial charge in [-0.25, -0.2) is 4.79 Å². The second-order valence-corrected chi connectivity index (χ2v) is 20.3. The Morgan fingerprint density at radius 1 is 0.452 bits per heavy atom. The van der Waals surface area contributed by atoms with Crippen LogP contribution in [0.15, 0.2) is 48.6 Å². The molecule has 3 N–H and O–H groups in total. The van der Waals surface area contributed by atoms with Gasteiger partial charge in [-0.2, -0.15) is 0 Å². The van der Waals surface area contributed by atoms with Gasteiger partial charge in [-0.05, 0) is 96.3 Å². The smallest absolute Gasteiger partial charge is 0.335 e. The van der Waals surface area contributed by atoms with Crippen LogP contribution in [0.5, 0.6) is 0 Å². The molecule has 1 rings (SSSR count). The van der Waals surface area contributed by atoms with Crippen LogP contribution in [-0.2, 0) is 42.9 Å². The lowest BCUT2D eigenvalue weighted by atomic mass is 9.98. The number of rotatable bonds is 50. The first-order valence-corrected chi connectivity index (χ1v) is 29.6. The second kappa shape index (κ2) is 49.6. The van der Waals surface area contributed by atoms with E-state index in [1.807, 2.05) is 0 Å². The molecule has 1 aliphatic heterocycles. The van der Waals surface area contributed by atoms with Crippen molar-refractivity contribution in [3.05, 3.63) is 48.6 Å². The maximum Gasteiger partial charge on any atom is 0.335 e. The molecule has 0 amide bonds. The highest BCUT2D eigenvalue weighted by molar-refractivity contribution is 5.74. The number of esters is 3. The number of unbranched alkanes of at least 4 members (excludes halogenated alkanes) is 28. The monoisotopic (exact) mass is 1030 g/mol. The molecule has 6 atom stereocenters. The second-order valence-electron chi connectivity index (χ2n) is 20.3. The van der Waals surface area contributed by atoms with Crippen LogP contribution in [0.4, 0.5) is 0 Å². The summed E-state index contributed by atoms with van der Waals surface area (Å²) in [6, 6.07) is 0. The quantitative estimate of drug-likeness (QED) is 0.0228. The molecule has 0 bridgehead atoms. The highest BCUT2D eigenvalue weighted by Crippen LogP contribution is 2.26. The van der Waals surface area contributed by atoms with Crippen LogP contribution in [0.1, 0.15) is 265 Å². The van der Waals surface area contributed by atoms with Crippen LogP contribution in [0.25, 0.3) is 0 Å². The molecule has 0 saturated carbocycles. The molecule has 0 aromatic rings. The lowest BCUT2D eigenvalue weighted by Crippen LogP contribution is -2.61. The lowest BCUT2D eigenvalue weighted by Gasteiger charge is -2.40. The zero-order valence-corrected chi connectivity index (χ0v) is 46.4. The predicted molar refractivity (Wildman–Crippen MR) is 294 cm³/mol. The molecule has 6 unspecified atom stereocenters. The highest BCUT2D eigenvalue weighted by atomic mass is 16.7. The van der Waals surface area contributed by atoms with Gasteiger partial charge in [-0.15, -0.1) is 0 Å². The number of hydrogen-bond donors (Lipinski definition) is 3. The van der Waals surface area contributed by atoms with Gasteiger partial charge >= 0.3 is 23.9 Å². The van der Waals surface area contributed by atoms with Gasteiger partial charge in [-0.3, -0.25) is 14.4 Å². The first kappa shape index (κ1) is 67.7. The summed E-state index contributed by atoms with van der Waals surface area (Å²) in [6.45, 7) is 5.90. The van der Waals surface area contributed by atoms with Crippen LogP contribution in [-0.4, -0.2) is 89.2 Å². The van der Waals surface area contributed by atoms with E-state index in [0.29, 0.717) is 19.3 Å². The van der Waals surface area contributed by atoms with E-state index >= 15 is 0 Å². The third-order valence-corrected chi connectivity index (χ3v) is 13.3. The Bertz CT molecular complexity index is 1460. The number of carbonyl (C=O) groups excluding carboxylic acids is 3. The first-order valence-electron chi connectivity index (χ1n) is 29.6. The number of hydrogen-bond acceptors (Lipinski definition) is 11. The van der Waals surface area contributed by atoms with Crippen molar-refractivity contribution >= 4 is 23.9 Å². The molecule has 422 valence electrons. The maximum absolute atomic E-state index is 13.1. The third kappa shape index (κ3) is 39.7. The van der Waals surface area contributed by atoms with Crippen LogP contribution in [0, 0.1) is 0 Å². The Morgan fingerprint density at radius 3 is 1.32 bits per heavy atom. The summed E-state index contributed by atoms with van der Waals surface area (Å²) in [6.07, 6.45) is 46.5. The summed E-state index contributed by atoms with van der Waals surface area (Å²) in [5, 5.41) is 31.4. The molecule has 12 heteroatoms. The molecule has 73 heavy (non-hydrogen) atoms. The fraction of sp³-hybridized carbons (Fsp3) is 0.803. The summed E-state index contributed by atoms with van der Waals surface area (Å²) < 4.78 is 28.4. The number of ether oxygens (including phenoxy) is 5. The molecule has 0 radical (unpaired) electrons. The normalized spacial score (nSPS) is 18.6. The molecule has 12 nitrogen and oxygen atoms in total. The zero-order valence-electron chi connectivity index (χ0n) is 46.4. The van der Waals surface area contributed by atoms with E-state index in [2.05, 4.69) is 69.4 Å². The van der Waals surface area contributed by atoms with E-state index in [9.17, 15) is 34.5 Å². The topological polar surface area (TPSA) is 175 Å². The van der Waals surface area contributed by atoms with Gasteiger partial charge in [-0.1, -0.05) is 198 Å². The fourth-order valence-electron chi connectivity index (χ4n) is 8.75. The highest BCUT2D eigenvalue weighted by Gasteiger charge is 2.50. The van der Waals surface area contributed by atoms with Crippen molar-refractivity contribution in [1.29, 1.82) is 0 Å². The largest absolute Gasteiger partial charge is 0.479 e. The third-order valence-electron chi connectivity index (χ3n) is 13.3. The first-order chi connectivity index (χ1) is 35.6. The van der Waals surface area contributed by atoms with Gasteiger partial charge in [0.1, 0.15) is 18.8 Å². The van der Waals surface area contributed by atoms with Crippen LogP contribution in [0.2, 0.25) is 0 Å². The Hall–Kier alpha value is -3.32. The number of carboxylic acid groups (broad SMARTS) is 1. The van der Waals surface area contributed by atoms with E-state index in [1.165, 1.54) is 89.9 Å². The van der Waals surface area contributed by atoms with E-state index < -0.39 is 67.3 Å². The fourth-order valence-corrected chi connectivity index (χ4v) is 8.75. The Balaban J connectivity index is 2.69. The minimum absolute atomic E-state index is 0.0437. The molecule has 1 saturated heterocycles. The molecule has 0 spiro atoms. The Morgan fingerprint density at radius 2 is 0.849 bits per heavy atom. The number of aliphatic carboxylic acids is 1. The van der Waals surface area contributed by atoms with Crippen molar-refractivity contribution in [2.75, 3.05) is 13.2 Å². The standard InChI is InChI=1S/C61H106O12/c1-4-7-10-13-16-19-22-25-26-27-28-31-32-35-38-41-44-47-53(62)69-50-52(71-54(63)48-45-42-39-36-33-29-23-20-17-14-11-8-5-2)51-70-61-59(57(66)56(65)58(73-61)60(67)68)72-55(64)49-46-43-40-37-34-30-24-21-18-15-12-9-6-3/h12,15,20-21,23-26,52,56-59,61,65-66H,4-11,13-14,16-19,22,27-51H2,1-3H3,(H,67,68)/b15-12-,23-20-,24-21-,26-25-. The van der Waals surface area contributed by atoms with Crippen molar-refractivity contribution in [2.45, 2.75) is 302 Å². The van der Waals surface area contributed by atoms with E-state index in [-0.39, 0.29) is 25.9 Å². The maximum atomic E-state index is 13.1. The minimum Gasteiger partial charge on any atom is -0.479 e. The van der Waals surface area contributed by atoms with Crippen molar-refractivity contribution in [1.82, 2.24) is 0 Å². The number of aliphatic hydroxyl groups is 2. The summed E-state index contributed by atoms with van der Waals surface area (Å²) in [5.41, 5.74) is 0. The van der Waals surface area contributed by atoms with Gasteiger partial charge in [0.05, 0.1) is 6.61 Å². The van der Waals surface area contributed by atoms with Gasteiger partial charge in [0.25, 0.3) is 0 Å². The minimum atomic E-state index is -1.91. The summed E-state index contributed by atoms with van der Waals surface area (Å²) >= 11 is 0. The lowest BCUT2D eigenvalue weighted by molar-refractivity contribution is -0.301. The van der Waals surface area contributed by atoms with Gasteiger partial charge in [0.2, 0.25) is 0 Å². The summed E-state index contributed by atoms with van der Waals surface area (Å²) in [4.78, 5) is 51.1. The van der Waals surface area contributed by atoms with Gasteiger partial charge < -0.3 is 39.0 Å². The molecule has 0 aromatic heterocycles. The van der Waals surface area contributed by atoms with Crippen molar-refractivity contribution in [3.63, 3.8) is 0 Å². The van der Waals surface area contributed by atoms with Crippen LogP contribution >= 0.6 is 0 Å². The van der Waals surface area contributed by atoms with Gasteiger partial charge in [0, 0.05) is 19.3 Å². The Kier molecular flexibility index (Phi) is 45.9. The van der Waals surface area contributed by atoms with Crippen LogP contribution in [0.3, 0.4) is 0 Å². The summed E-state index contributed by atoms with van der Waals surface area (Å²) in [5.74, 6) is -3.14. The van der Waals surface area contributed by atoms with Crippen molar-refractivity contribution < 1.29 is 58.2 Å². The van der Waals surface area contributed by atoms with E-state index in [1.54, 1.807) is 0 Å². The average Bonchev–Trinajstić information content (AvgIpc) is 3.37. The van der Waals surface area contributed by atoms with Crippen molar-refractivity contribution in [3.8, 4) is 0 Å². The molecule has 1 fully saturated rings. The van der Waals surface area contributed by atoms with E-state index in [4.69, 9.17) is 23.7 Å². The number of carbonyl (C=O) groups is 4. The zero-order chi connectivity index (χ0) is 53.3. The number of carboxylic acids is 1. The van der Waals surface area contributed by atoms with Crippen molar-refractivity contribution in [2.24, 2.45) is 0 Å². The molecule has 1 heterocycles. The summed E-state index contributed by atoms with van der Waals surface area (Å²) in [7, 11) is 0. The average molecular weight is 1030 g/mol. The SMILES string of the molecule is CCC/C=C\C/C=C\CCCCCCCC(=O)OC1C(OCC(COC(=O)CCCCCCCCC/C=C\CCCCCCCC)OC(=O)CCCCCCC/C=C\CCCCCC)OC(C(=O)O)C(O)C1O.